The van der Waals surface area contributed by atoms with Crippen LogP contribution in [0.25, 0.3) is 0 Å². The molecule has 15 heavy (non-hydrogen) atoms. The average molecular weight is 206 g/mol. The van der Waals surface area contributed by atoms with Crippen molar-refractivity contribution < 1.29 is 5.11 Å². The first-order chi connectivity index (χ1) is 6.99. The summed E-state index contributed by atoms with van der Waals surface area (Å²) in [5.41, 5.74) is 1.66. The highest BCUT2D eigenvalue weighted by molar-refractivity contribution is 5.34. The van der Waals surface area contributed by atoms with Gasteiger partial charge < -0.3 is 5.11 Å². The Bertz CT molecular complexity index is 313. The van der Waals surface area contributed by atoms with Gasteiger partial charge in [0.15, 0.2) is 0 Å². The molecule has 0 radical (unpaired) electrons. The Kier molecular flexibility index (Phi) is 3.92. The number of hydrogen-bond acceptors (Lipinski definition) is 1. The maximum absolute atomic E-state index is 10.4. The number of rotatable bonds is 4. The van der Waals surface area contributed by atoms with Crippen molar-refractivity contribution in [2.45, 2.75) is 52.1 Å². The zero-order valence-corrected chi connectivity index (χ0v) is 10.2. The maximum atomic E-state index is 10.4. The van der Waals surface area contributed by atoms with E-state index in [-0.39, 0.29) is 0 Å². The smallest absolute Gasteiger partial charge is 0.0871 e. The topological polar surface area (TPSA) is 20.2 Å². The number of benzene rings is 1. The molecule has 0 aliphatic carbocycles. The number of aliphatic hydroxyl groups is 1. The molecule has 0 aliphatic rings. The Morgan fingerprint density at radius 1 is 1.27 bits per heavy atom. The molecule has 0 heterocycles. The standard InChI is InChI=1S/C14H22O/c1-5-10-14(4,15)13-9-7-6-8-12(13)11(2)3/h6-9,11,15H,5,10H2,1-4H3/t14-/m0/s1. The molecule has 0 aromatic heterocycles. The molecule has 0 saturated carbocycles. The summed E-state index contributed by atoms with van der Waals surface area (Å²) in [5.74, 6) is 0.463. The van der Waals surface area contributed by atoms with Gasteiger partial charge in [-0.3, -0.25) is 0 Å². The van der Waals surface area contributed by atoms with Gasteiger partial charge in [0.05, 0.1) is 5.60 Å². The van der Waals surface area contributed by atoms with E-state index >= 15 is 0 Å². The second-order valence-corrected chi connectivity index (χ2v) is 4.77. The van der Waals surface area contributed by atoms with Gasteiger partial charge in [-0.25, -0.2) is 0 Å². The molecule has 1 aromatic carbocycles. The van der Waals surface area contributed by atoms with Crippen LogP contribution in [0.3, 0.4) is 0 Å². The van der Waals surface area contributed by atoms with E-state index < -0.39 is 5.60 Å². The van der Waals surface area contributed by atoms with Gasteiger partial charge in [0.2, 0.25) is 0 Å². The van der Waals surface area contributed by atoms with E-state index in [4.69, 9.17) is 0 Å². The first-order valence-corrected chi connectivity index (χ1v) is 5.80. The van der Waals surface area contributed by atoms with Crippen molar-refractivity contribution in [2.75, 3.05) is 0 Å². The molecule has 84 valence electrons. The fourth-order valence-electron chi connectivity index (χ4n) is 2.11. The lowest BCUT2D eigenvalue weighted by atomic mass is 9.84. The molecule has 1 N–H and O–H groups in total. The minimum atomic E-state index is -0.685. The first kappa shape index (κ1) is 12.3. The summed E-state index contributed by atoms with van der Waals surface area (Å²) in [5, 5.41) is 10.4. The van der Waals surface area contributed by atoms with Gasteiger partial charge in [-0.05, 0) is 30.4 Å². The number of hydrogen-bond donors (Lipinski definition) is 1. The minimum Gasteiger partial charge on any atom is -0.385 e. The van der Waals surface area contributed by atoms with E-state index in [9.17, 15) is 5.11 Å². The highest BCUT2D eigenvalue weighted by Crippen LogP contribution is 2.32. The van der Waals surface area contributed by atoms with E-state index in [0.717, 1.165) is 18.4 Å². The third kappa shape index (κ3) is 2.82. The molecule has 0 fully saturated rings. The van der Waals surface area contributed by atoms with Crippen molar-refractivity contribution >= 4 is 0 Å². The zero-order chi connectivity index (χ0) is 11.5. The van der Waals surface area contributed by atoms with Crippen LogP contribution in [-0.4, -0.2) is 5.11 Å². The van der Waals surface area contributed by atoms with Gasteiger partial charge in [0.25, 0.3) is 0 Å². The second-order valence-electron chi connectivity index (χ2n) is 4.77. The lowest BCUT2D eigenvalue weighted by Gasteiger charge is -2.27. The summed E-state index contributed by atoms with van der Waals surface area (Å²) in [6.07, 6.45) is 1.82. The largest absolute Gasteiger partial charge is 0.385 e. The molecular weight excluding hydrogens is 184 g/mol. The fraction of sp³-hybridized carbons (Fsp3) is 0.571. The highest BCUT2D eigenvalue weighted by atomic mass is 16.3. The van der Waals surface area contributed by atoms with E-state index in [0.29, 0.717) is 5.92 Å². The summed E-state index contributed by atoms with van der Waals surface area (Å²) in [6.45, 7) is 8.35. The van der Waals surface area contributed by atoms with Crippen LogP contribution < -0.4 is 0 Å². The third-order valence-electron chi connectivity index (χ3n) is 2.90. The summed E-state index contributed by atoms with van der Waals surface area (Å²) < 4.78 is 0. The summed E-state index contributed by atoms with van der Waals surface area (Å²) in [4.78, 5) is 0. The van der Waals surface area contributed by atoms with E-state index in [1.165, 1.54) is 5.56 Å². The molecule has 0 saturated heterocycles. The van der Waals surface area contributed by atoms with E-state index in [1.54, 1.807) is 0 Å². The van der Waals surface area contributed by atoms with Gasteiger partial charge >= 0.3 is 0 Å². The van der Waals surface area contributed by atoms with Crippen molar-refractivity contribution in [1.29, 1.82) is 0 Å². The molecular formula is C14H22O. The van der Waals surface area contributed by atoms with Crippen molar-refractivity contribution in [3.63, 3.8) is 0 Å². The van der Waals surface area contributed by atoms with Crippen molar-refractivity contribution in [2.24, 2.45) is 0 Å². The molecule has 0 spiro atoms. The van der Waals surface area contributed by atoms with Gasteiger partial charge in [0, 0.05) is 0 Å². The Balaban J connectivity index is 3.12. The van der Waals surface area contributed by atoms with Crippen LogP contribution in [0.4, 0.5) is 0 Å². The molecule has 0 amide bonds. The first-order valence-electron chi connectivity index (χ1n) is 5.80. The van der Waals surface area contributed by atoms with E-state index in [1.807, 2.05) is 25.1 Å². The van der Waals surface area contributed by atoms with Crippen molar-refractivity contribution in [1.82, 2.24) is 0 Å². The SMILES string of the molecule is CCC[C@](C)(O)c1ccccc1C(C)C. The Hall–Kier alpha value is -0.820. The summed E-state index contributed by atoms with van der Waals surface area (Å²) in [6, 6.07) is 8.21. The lowest BCUT2D eigenvalue weighted by Crippen LogP contribution is -2.22. The maximum Gasteiger partial charge on any atom is 0.0871 e. The Labute approximate surface area is 93.1 Å². The van der Waals surface area contributed by atoms with Gasteiger partial charge in [-0.2, -0.15) is 0 Å². The summed E-state index contributed by atoms with van der Waals surface area (Å²) in [7, 11) is 0. The fourth-order valence-corrected chi connectivity index (χ4v) is 2.11. The van der Waals surface area contributed by atoms with Crippen LogP contribution in [0.5, 0.6) is 0 Å². The molecule has 0 bridgehead atoms. The molecule has 0 aliphatic heterocycles. The monoisotopic (exact) mass is 206 g/mol. The summed E-state index contributed by atoms with van der Waals surface area (Å²) >= 11 is 0. The van der Waals surface area contributed by atoms with Crippen molar-refractivity contribution in [3.05, 3.63) is 35.4 Å². The quantitative estimate of drug-likeness (QED) is 0.794. The second kappa shape index (κ2) is 4.80. The third-order valence-corrected chi connectivity index (χ3v) is 2.90. The Morgan fingerprint density at radius 3 is 2.40 bits per heavy atom. The molecule has 1 nitrogen and oxygen atoms in total. The Morgan fingerprint density at radius 2 is 1.87 bits per heavy atom. The van der Waals surface area contributed by atoms with Crippen LogP contribution in [-0.2, 0) is 5.60 Å². The minimum absolute atomic E-state index is 0.463. The highest BCUT2D eigenvalue weighted by Gasteiger charge is 2.25. The normalized spacial score (nSPS) is 15.3. The van der Waals surface area contributed by atoms with Crippen LogP contribution >= 0.6 is 0 Å². The predicted molar refractivity (Wildman–Crippen MR) is 65.0 cm³/mol. The van der Waals surface area contributed by atoms with Gasteiger partial charge in [-0.1, -0.05) is 51.5 Å². The van der Waals surface area contributed by atoms with Crippen LogP contribution in [0.15, 0.2) is 24.3 Å². The van der Waals surface area contributed by atoms with Crippen molar-refractivity contribution in [3.8, 4) is 0 Å². The average Bonchev–Trinajstić information content (AvgIpc) is 2.17. The van der Waals surface area contributed by atoms with Crippen LogP contribution in [0, 0.1) is 0 Å². The van der Waals surface area contributed by atoms with Gasteiger partial charge in [-0.15, -0.1) is 0 Å². The van der Waals surface area contributed by atoms with Crippen LogP contribution in [0.2, 0.25) is 0 Å². The van der Waals surface area contributed by atoms with Gasteiger partial charge in [0.1, 0.15) is 0 Å². The molecule has 1 heteroatoms. The zero-order valence-electron chi connectivity index (χ0n) is 10.2. The molecule has 0 unspecified atom stereocenters. The predicted octanol–water partition coefficient (Wildman–Crippen LogP) is 3.82. The molecule has 1 atom stereocenters. The lowest BCUT2D eigenvalue weighted by molar-refractivity contribution is 0.0458. The molecule has 1 aromatic rings. The molecule has 1 rings (SSSR count). The van der Waals surface area contributed by atoms with E-state index in [2.05, 4.69) is 26.8 Å². The van der Waals surface area contributed by atoms with Crippen LogP contribution in [0.1, 0.15) is 57.6 Å².